The molecule has 0 unspecified atom stereocenters. The Kier molecular flexibility index (Phi) is 7.92. The number of halogens is 4. The van der Waals surface area contributed by atoms with E-state index in [1.165, 1.54) is 0 Å². The Morgan fingerprint density at radius 3 is 2.49 bits per heavy atom. The Morgan fingerprint density at radius 1 is 1.05 bits per heavy atom. The van der Waals surface area contributed by atoms with Crippen LogP contribution < -0.4 is 5.32 Å². The average molecular weight is 571 g/mol. The lowest BCUT2D eigenvalue weighted by Crippen LogP contribution is -2.30. The van der Waals surface area contributed by atoms with E-state index in [9.17, 15) is 22.8 Å². The summed E-state index contributed by atoms with van der Waals surface area (Å²) in [7, 11) is 0. The van der Waals surface area contributed by atoms with E-state index in [0.29, 0.717) is 33.8 Å². The molecule has 3 aromatic carbocycles. The van der Waals surface area contributed by atoms with Gasteiger partial charge in [-0.3, -0.25) is 9.59 Å². The number of nitrogens with one attached hydrogen (secondary N) is 1. The molecule has 4 aromatic rings. The molecule has 0 fully saturated rings. The van der Waals surface area contributed by atoms with Crippen molar-refractivity contribution in [3.63, 3.8) is 0 Å². The molecule has 190 valence electrons. The van der Waals surface area contributed by atoms with E-state index in [1.807, 2.05) is 36.4 Å². The van der Waals surface area contributed by atoms with Crippen LogP contribution in [-0.4, -0.2) is 28.5 Å². The molecular weight excluding hydrogens is 549 g/mol. The van der Waals surface area contributed by atoms with Crippen molar-refractivity contribution in [2.75, 3.05) is 6.54 Å². The summed E-state index contributed by atoms with van der Waals surface area (Å²) in [5, 5.41) is 12.4. The zero-order chi connectivity index (χ0) is 26.7. The largest absolute Gasteiger partial charge is 0.481 e. The van der Waals surface area contributed by atoms with Crippen LogP contribution in [0.15, 0.2) is 65.1 Å². The van der Waals surface area contributed by atoms with Gasteiger partial charge in [-0.25, -0.2) is 18.2 Å². The Balaban J connectivity index is 1.73. The van der Waals surface area contributed by atoms with Crippen LogP contribution in [0, 0.1) is 24.4 Å². The third-order valence-corrected chi connectivity index (χ3v) is 6.63. The van der Waals surface area contributed by atoms with Gasteiger partial charge in [0.15, 0.2) is 11.6 Å². The highest BCUT2D eigenvalue weighted by atomic mass is 79.9. The standard InChI is InChI=1S/C28H22BrF3N2O3/c1-15-25(21-11-18(29)8-9-23(21)34-27(15)16-5-3-2-4-6-16)28(37)33-14-17(7-10-24(35)36)20-12-19(30)13-22(31)26(20)32/h2-6,8-9,11-13,17H,7,10,14H2,1H3,(H,33,37)(H,35,36)/t17-/m0/s1. The second kappa shape index (κ2) is 11.1. The topological polar surface area (TPSA) is 79.3 Å². The number of carbonyl (C=O) groups is 2. The van der Waals surface area contributed by atoms with Gasteiger partial charge in [-0.15, -0.1) is 0 Å². The molecule has 5 nitrogen and oxygen atoms in total. The van der Waals surface area contributed by atoms with E-state index in [1.54, 1.807) is 19.1 Å². The normalized spacial score (nSPS) is 11.9. The quantitative estimate of drug-likeness (QED) is 0.229. The van der Waals surface area contributed by atoms with Crippen molar-refractivity contribution in [3.05, 3.63) is 99.3 Å². The van der Waals surface area contributed by atoms with Gasteiger partial charge in [0.2, 0.25) is 0 Å². The molecule has 0 aliphatic rings. The van der Waals surface area contributed by atoms with Gasteiger partial charge in [-0.05, 0) is 48.7 Å². The molecule has 0 aliphatic heterocycles. The molecule has 37 heavy (non-hydrogen) atoms. The van der Waals surface area contributed by atoms with Crippen molar-refractivity contribution < 1.29 is 27.9 Å². The first-order chi connectivity index (χ1) is 17.7. The third-order valence-electron chi connectivity index (χ3n) is 6.14. The number of aliphatic carboxylic acids is 1. The van der Waals surface area contributed by atoms with Gasteiger partial charge in [0.25, 0.3) is 5.91 Å². The second-order valence-electron chi connectivity index (χ2n) is 8.62. The first-order valence-electron chi connectivity index (χ1n) is 11.5. The van der Waals surface area contributed by atoms with Gasteiger partial charge in [-0.1, -0.05) is 46.3 Å². The van der Waals surface area contributed by atoms with Crippen molar-refractivity contribution in [2.24, 2.45) is 0 Å². The molecule has 0 radical (unpaired) electrons. The fraction of sp³-hybridized carbons (Fsp3) is 0.179. The lowest BCUT2D eigenvalue weighted by atomic mass is 9.92. The lowest BCUT2D eigenvalue weighted by Gasteiger charge is -2.20. The number of carboxylic acid groups (broad SMARTS) is 1. The van der Waals surface area contributed by atoms with E-state index in [4.69, 9.17) is 10.1 Å². The first-order valence-corrected chi connectivity index (χ1v) is 12.2. The van der Waals surface area contributed by atoms with Crippen molar-refractivity contribution in [2.45, 2.75) is 25.7 Å². The third kappa shape index (κ3) is 5.83. The van der Waals surface area contributed by atoms with Crippen LogP contribution in [0.4, 0.5) is 13.2 Å². The van der Waals surface area contributed by atoms with Crippen LogP contribution in [0.5, 0.6) is 0 Å². The predicted molar refractivity (Wildman–Crippen MR) is 138 cm³/mol. The number of hydrogen-bond acceptors (Lipinski definition) is 3. The van der Waals surface area contributed by atoms with E-state index < -0.39 is 35.2 Å². The first kappa shape index (κ1) is 26.3. The number of hydrogen-bond donors (Lipinski definition) is 2. The summed E-state index contributed by atoms with van der Waals surface area (Å²) < 4.78 is 43.1. The number of benzene rings is 3. The Bertz CT molecular complexity index is 1500. The summed E-state index contributed by atoms with van der Waals surface area (Å²) in [6.45, 7) is 1.54. The number of amides is 1. The van der Waals surface area contributed by atoms with E-state index in [2.05, 4.69) is 21.2 Å². The van der Waals surface area contributed by atoms with Crippen molar-refractivity contribution >= 4 is 38.7 Å². The monoisotopic (exact) mass is 570 g/mol. The van der Waals surface area contributed by atoms with Crippen LogP contribution in [0.2, 0.25) is 0 Å². The van der Waals surface area contributed by atoms with E-state index >= 15 is 0 Å². The van der Waals surface area contributed by atoms with Crippen LogP contribution in [-0.2, 0) is 4.79 Å². The number of fused-ring (bicyclic) bond motifs is 1. The molecule has 0 saturated heterocycles. The highest BCUT2D eigenvalue weighted by Crippen LogP contribution is 2.32. The molecule has 1 heterocycles. The van der Waals surface area contributed by atoms with Crippen LogP contribution in [0.1, 0.15) is 40.2 Å². The number of carboxylic acids is 1. The van der Waals surface area contributed by atoms with Crippen molar-refractivity contribution in [1.29, 1.82) is 0 Å². The zero-order valence-corrected chi connectivity index (χ0v) is 21.3. The van der Waals surface area contributed by atoms with Gasteiger partial charge in [-0.2, -0.15) is 0 Å². The molecule has 0 bridgehead atoms. The maximum Gasteiger partial charge on any atom is 0.303 e. The number of aromatic nitrogens is 1. The Labute approximate surface area is 219 Å². The molecule has 0 saturated carbocycles. The minimum absolute atomic E-state index is 0.133. The number of pyridine rings is 1. The summed E-state index contributed by atoms with van der Waals surface area (Å²) >= 11 is 3.42. The van der Waals surface area contributed by atoms with Gasteiger partial charge in [0.1, 0.15) is 5.82 Å². The Morgan fingerprint density at radius 2 is 1.78 bits per heavy atom. The Hall–Kier alpha value is -3.72. The smallest absolute Gasteiger partial charge is 0.303 e. The molecule has 9 heteroatoms. The van der Waals surface area contributed by atoms with Crippen LogP contribution in [0.3, 0.4) is 0 Å². The predicted octanol–water partition coefficient (Wildman–Crippen LogP) is 6.77. The second-order valence-corrected chi connectivity index (χ2v) is 9.53. The fourth-order valence-electron chi connectivity index (χ4n) is 4.34. The van der Waals surface area contributed by atoms with Gasteiger partial charge in [0.05, 0.1) is 16.8 Å². The van der Waals surface area contributed by atoms with Crippen LogP contribution >= 0.6 is 15.9 Å². The summed E-state index contributed by atoms with van der Waals surface area (Å²) in [4.78, 5) is 29.5. The van der Waals surface area contributed by atoms with Gasteiger partial charge < -0.3 is 10.4 Å². The maximum atomic E-state index is 14.5. The SMILES string of the molecule is Cc1c(-c2ccccc2)nc2ccc(Br)cc2c1C(=O)NC[C@H](CCC(=O)O)c1cc(F)cc(F)c1F. The molecule has 1 aromatic heterocycles. The van der Waals surface area contributed by atoms with Gasteiger partial charge in [0, 0.05) is 40.4 Å². The summed E-state index contributed by atoms with van der Waals surface area (Å²) in [6, 6.07) is 16.0. The highest BCUT2D eigenvalue weighted by molar-refractivity contribution is 9.10. The molecule has 2 N–H and O–H groups in total. The van der Waals surface area contributed by atoms with Crippen molar-refractivity contribution in [1.82, 2.24) is 10.3 Å². The minimum Gasteiger partial charge on any atom is -0.481 e. The molecule has 1 atom stereocenters. The lowest BCUT2D eigenvalue weighted by molar-refractivity contribution is -0.137. The molecular formula is C28H22BrF3N2O3. The van der Waals surface area contributed by atoms with Gasteiger partial charge >= 0.3 is 5.97 Å². The van der Waals surface area contributed by atoms with Crippen molar-refractivity contribution in [3.8, 4) is 11.3 Å². The average Bonchev–Trinajstić information content (AvgIpc) is 2.86. The summed E-state index contributed by atoms with van der Waals surface area (Å²) in [6.07, 6.45) is -0.507. The van der Waals surface area contributed by atoms with E-state index in [-0.39, 0.29) is 24.9 Å². The van der Waals surface area contributed by atoms with Crippen LogP contribution in [0.25, 0.3) is 22.2 Å². The fourth-order valence-corrected chi connectivity index (χ4v) is 4.70. The zero-order valence-electron chi connectivity index (χ0n) is 19.7. The van der Waals surface area contributed by atoms with E-state index in [0.717, 1.165) is 16.1 Å². The summed E-state index contributed by atoms with van der Waals surface area (Å²) in [5.41, 5.74) is 2.63. The molecule has 4 rings (SSSR count). The highest BCUT2D eigenvalue weighted by Gasteiger charge is 2.24. The molecule has 0 aliphatic carbocycles. The maximum absolute atomic E-state index is 14.5. The summed E-state index contributed by atoms with van der Waals surface area (Å²) in [5.74, 6) is -6.27. The number of carbonyl (C=O) groups excluding carboxylic acids is 1. The molecule has 1 amide bonds. The number of nitrogens with zero attached hydrogens (tertiary/aromatic N) is 1. The molecule has 0 spiro atoms. The number of rotatable bonds is 8. The minimum atomic E-state index is -1.38.